The second kappa shape index (κ2) is 8.10. The highest BCUT2D eigenvalue weighted by Gasteiger charge is 2.30. The summed E-state index contributed by atoms with van der Waals surface area (Å²) in [6, 6.07) is 0. The molecule has 1 atom stereocenters. The molecule has 9 heteroatoms. The topological polar surface area (TPSA) is 77.4 Å². The van der Waals surface area contributed by atoms with Crippen molar-refractivity contribution in [3.63, 3.8) is 0 Å². The van der Waals surface area contributed by atoms with Crippen LogP contribution in [0.4, 0.5) is 0 Å². The molecular weight excluding hydrogens is 396 g/mol. The van der Waals surface area contributed by atoms with E-state index in [2.05, 4.69) is 15.0 Å². The van der Waals surface area contributed by atoms with E-state index >= 15 is 0 Å². The Balaban J connectivity index is 1.66. The molecule has 0 aromatic carbocycles. The van der Waals surface area contributed by atoms with Crippen molar-refractivity contribution in [3.05, 3.63) is 32.8 Å². The number of likely N-dealkylation sites (tertiary alicyclic amines) is 1. The molecule has 0 bridgehead atoms. The van der Waals surface area contributed by atoms with E-state index in [1.54, 1.807) is 25.6 Å². The lowest BCUT2D eigenvalue weighted by Gasteiger charge is -2.31. The maximum Gasteiger partial charge on any atom is 0.264 e. The first-order valence-electron chi connectivity index (χ1n) is 9.14. The van der Waals surface area contributed by atoms with Crippen molar-refractivity contribution in [2.24, 2.45) is 0 Å². The zero-order valence-electron chi connectivity index (χ0n) is 16.1. The zero-order chi connectivity index (χ0) is 19.7. The Hall–Kier alpha value is -2.10. The summed E-state index contributed by atoms with van der Waals surface area (Å²) in [6.07, 6.45) is 3.89. The van der Waals surface area contributed by atoms with Crippen LogP contribution in [0.3, 0.4) is 0 Å². The van der Waals surface area contributed by atoms with Crippen LogP contribution in [0.15, 0.2) is 11.6 Å². The highest BCUT2D eigenvalue weighted by molar-refractivity contribution is 7.20. The van der Waals surface area contributed by atoms with Gasteiger partial charge in [-0.05, 0) is 25.3 Å². The lowest BCUT2D eigenvalue weighted by molar-refractivity contribution is 0.0711. The Bertz CT molecular complexity index is 987. The van der Waals surface area contributed by atoms with Gasteiger partial charge in [0.25, 0.3) is 5.91 Å². The van der Waals surface area contributed by atoms with Crippen molar-refractivity contribution in [1.82, 2.24) is 19.9 Å². The van der Waals surface area contributed by atoms with Gasteiger partial charge in [-0.25, -0.2) is 9.97 Å². The molecule has 0 N–H and O–H groups in total. The van der Waals surface area contributed by atoms with Crippen molar-refractivity contribution >= 4 is 38.8 Å². The zero-order valence-corrected chi connectivity index (χ0v) is 17.7. The summed E-state index contributed by atoms with van der Waals surface area (Å²) in [5.41, 5.74) is 0.877. The van der Waals surface area contributed by atoms with Crippen molar-refractivity contribution in [1.29, 1.82) is 0 Å². The lowest BCUT2D eigenvalue weighted by atomic mass is 9.98. The number of hydrogen-bond donors (Lipinski definition) is 0. The molecule has 0 radical (unpaired) electrons. The third-order valence-corrected chi connectivity index (χ3v) is 7.09. The van der Waals surface area contributed by atoms with Crippen LogP contribution in [0.1, 0.15) is 44.8 Å². The number of ether oxygens (including phenoxy) is 2. The van der Waals surface area contributed by atoms with Gasteiger partial charge in [-0.1, -0.05) is 0 Å². The van der Waals surface area contributed by atoms with Crippen molar-refractivity contribution < 1.29 is 14.3 Å². The van der Waals surface area contributed by atoms with Gasteiger partial charge >= 0.3 is 0 Å². The number of aryl methyl sites for hydroxylation is 1. The normalized spacial score (nSPS) is 17.2. The van der Waals surface area contributed by atoms with Crippen LogP contribution in [-0.4, -0.2) is 53.1 Å². The van der Waals surface area contributed by atoms with E-state index in [0.717, 1.165) is 40.2 Å². The molecule has 0 saturated carbocycles. The first-order valence-corrected chi connectivity index (χ1v) is 10.8. The van der Waals surface area contributed by atoms with Crippen LogP contribution in [0.2, 0.25) is 0 Å². The average molecular weight is 419 g/mol. The van der Waals surface area contributed by atoms with Gasteiger partial charge in [0.05, 0.1) is 22.4 Å². The highest BCUT2D eigenvalue weighted by Crippen LogP contribution is 2.37. The summed E-state index contributed by atoms with van der Waals surface area (Å²) in [5.74, 6) is 1.41. The van der Waals surface area contributed by atoms with Gasteiger partial charge in [-0.15, -0.1) is 22.7 Å². The second-order valence-corrected chi connectivity index (χ2v) is 8.70. The Labute approximate surface area is 171 Å². The van der Waals surface area contributed by atoms with Crippen LogP contribution in [0.25, 0.3) is 10.2 Å². The van der Waals surface area contributed by atoms with E-state index < -0.39 is 0 Å². The number of hydrogen-bond acceptors (Lipinski definition) is 8. The van der Waals surface area contributed by atoms with Crippen LogP contribution >= 0.6 is 22.7 Å². The molecule has 1 fully saturated rings. The van der Waals surface area contributed by atoms with Crippen LogP contribution < -0.4 is 4.74 Å². The van der Waals surface area contributed by atoms with E-state index in [1.165, 1.54) is 11.3 Å². The fourth-order valence-electron chi connectivity index (χ4n) is 3.63. The third-order valence-electron chi connectivity index (χ3n) is 4.97. The summed E-state index contributed by atoms with van der Waals surface area (Å²) < 4.78 is 10.6. The molecule has 7 nitrogen and oxygen atoms in total. The maximum atomic E-state index is 13.3. The van der Waals surface area contributed by atoms with Gasteiger partial charge in [0, 0.05) is 37.7 Å². The first kappa shape index (κ1) is 19.2. The molecule has 1 unspecified atom stereocenters. The minimum absolute atomic E-state index is 0.0529. The number of methoxy groups -OCH3 is 2. The summed E-state index contributed by atoms with van der Waals surface area (Å²) in [6.45, 7) is 3.72. The standard InChI is InChI=1S/C19H22N4O3S2/c1-11-14-16(26-3)21-13(10-25-2)22-18(14)28-15(11)19(24)23-7-4-5-12(9-23)17-20-6-8-27-17/h6,8,12H,4-5,7,9-10H2,1-3H3. The Morgan fingerprint density at radius 1 is 1.36 bits per heavy atom. The molecule has 148 valence electrons. The number of thiophene rings is 1. The molecule has 0 aliphatic carbocycles. The first-order chi connectivity index (χ1) is 13.6. The summed E-state index contributed by atoms with van der Waals surface area (Å²) in [5, 5.41) is 3.92. The summed E-state index contributed by atoms with van der Waals surface area (Å²) in [4.78, 5) is 30.2. The smallest absolute Gasteiger partial charge is 0.264 e. The number of piperidine rings is 1. The summed E-state index contributed by atoms with van der Waals surface area (Å²) in [7, 11) is 3.18. The van der Waals surface area contributed by atoms with E-state index in [9.17, 15) is 4.79 Å². The third kappa shape index (κ3) is 3.49. The SMILES string of the molecule is COCc1nc(OC)c2c(C)c(C(=O)N3CCCC(c4nccs4)C3)sc2n1. The van der Waals surface area contributed by atoms with Crippen molar-refractivity contribution in [3.8, 4) is 5.88 Å². The molecule has 4 rings (SSSR count). The van der Waals surface area contributed by atoms with E-state index in [1.807, 2.05) is 23.4 Å². The molecular formula is C19H22N4O3S2. The molecule has 3 aromatic heterocycles. The number of fused-ring (bicyclic) bond motifs is 1. The quantitative estimate of drug-likeness (QED) is 0.630. The number of aromatic nitrogens is 3. The molecule has 1 aliphatic rings. The number of rotatable bonds is 5. The molecule has 4 heterocycles. The molecule has 1 amide bonds. The number of carbonyl (C=O) groups excluding carboxylic acids is 1. The van der Waals surface area contributed by atoms with Gasteiger partial charge < -0.3 is 14.4 Å². The van der Waals surface area contributed by atoms with Gasteiger partial charge in [0.2, 0.25) is 5.88 Å². The monoisotopic (exact) mass is 418 g/mol. The van der Waals surface area contributed by atoms with Gasteiger partial charge in [-0.3, -0.25) is 4.79 Å². The Morgan fingerprint density at radius 2 is 2.21 bits per heavy atom. The minimum Gasteiger partial charge on any atom is -0.480 e. The number of carbonyl (C=O) groups is 1. The Kier molecular flexibility index (Phi) is 5.56. The van der Waals surface area contributed by atoms with Crippen LogP contribution in [0, 0.1) is 6.92 Å². The second-order valence-electron chi connectivity index (χ2n) is 6.78. The molecule has 28 heavy (non-hydrogen) atoms. The fourth-order valence-corrected chi connectivity index (χ4v) is 5.56. The van der Waals surface area contributed by atoms with Gasteiger partial charge in [-0.2, -0.15) is 4.98 Å². The predicted molar refractivity (Wildman–Crippen MR) is 109 cm³/mol. The highest BCUT2D eigenvalue weighted by atomic mass is 32.1. The minimum atomic E-state index is 0.0529. The van der Waals surface area contributed by atoms with Crippen molar-refractivity contribution in [2.75, 3.05) is 27.3 Å². The largest absolute Gasteiger partial charge is 0.480 e. The van der Waals surface area contributed by atoms with Crippen molar-refractivity contribution in [2.45, 2.75) is 32.3 Å². The number of nitrogens with zero attached hydrogens (tertiary/aromatic N) is 4. The van der Waals surface area contributed by atoms with Gasteiger partial charge in [0.15, 0.2) is 5.82 Å². The van der Waals surface area contributed by atoms with Crippen LogP contribution in [-0.2, 0) is 11.3 Å². The van der Waals surface area contributed by atoms with E-state index in [4.69, 9.17) is 9.47 Å². The molecule has 0 spiro atoms. The predicted octanol–water partition coefficient (Wildman–Crippen LogP) is 3.63. The maximum absolute atomic E-state index is 13.3. The molecule has 1 aliphatic heterocycles. The molecule has 3 aromatic rings. The fraction of sp³-hybridized carbons (Fsp3) is 0.474. The van der Waals surface area contributed by atoms with E-state index in [0.29, 0.717) is 35.7 Å². The van der Waals surface area contributed by atoms with Gasteiger partial charge in [0.1, 0.15) is 11.4 Å². The Morgan fingerprint density at radius 3 is 2.93 bits per heavy atom. The molecule has 1 saturated heterocycles. The van der Waals surface area contributed by atoms with Crippen LogP contribution in [0.5, 0.6) is 5.88 Å². The average Bonchev–Trinajstić information content (AvgIpc) is 3.36. The lowest BCUT2D eigenvalue weighted by Crippen LogP contribution is -2.39. The number of thiazole rings is 1. The summed E-state index contributed by atoms with van der Waals surface area (Å²) >= 11 is 3.07. The number of amides is 1. The van der Waals surface area contributed by atoms with E-state index in [-0.39, 0.29) is 5.91 Å².